The van der Waals surface area contributed by atoms with Crippen LogP contribution >= 0.6 is 0 Å². The molecule has 0 aliphatic rings. The molecule has 10 heteroatoms. The van der Waals surface area contributed by atoms with Gasteiger partial charge >= 0.3 is 5.97 Å². The maximum Gasteiger partial charge on any atom is 0.330 e. The van der Waals surface area contributed by atoms with Crippen LogP contribution in [0.5, 0.6) is 0 Å². The summed E-state index contributed by atoms with van der Waals surface area (Å²) in [5.74, 6) is -0.547. The molecule has 2 heterocycles. The van der Waals surface area contributed by atoms with Gasteiger partial charge in [-0.25, -0.2) is 9.78 Å². The normalized spacial score (nSPS) is 12.1. The Morgan fingerprint density at radius 1 is 1.54 bits per heavy atom. The minimum Gasteiger partial charge on any atom is -0.460 e. The molecule has 0 saturated carbocycles. The Morgan fingerprint density at radius 3 is 2.96 bits per heavy atom. The Bertz CT molecular complexity index is 805. The zero-order chi connectivity index (χ0) is 17.7. The number of aliphatic hydroxyl groups excluding tert-OH is 1. The highest BCUT2D eigenvalue weighted by molar-refractivity contribution is 5.82. The number of nitrogens with two attached hydrogens (primary N) is 1. The quantitative estimate of drug-likeness (QED) is 0.455. The van der Waals surface area contributed by atoms with Gasteiger partial charge in [0.15, 0.2) is 11.2 Å². The van der Waals surface area contributed by atoms with E-state index in [1.807, 2.05) is 0 Å². The number of esters is 1. The lowest BCUT2D eigenvalue weighted by atomic mass is 10.3. The summed E-state index contributed by atoms with van der Waals surface area (Å²) in [6.07, 6.45) is 1.99. The number of rotatable bonds is 7. The van der Waals surface area contributed by atoms with Gasteiger partial charge in [-0.05, 0) is 13.8 Å². The van der Waals surface area contributed by atoms with E-state index in [4.69, 9.17) is 15.2 Å². The maximum absolute atomic E-state index is 11.7. The molecule has 1 atom stereocenters. The second-order valence-electron chi connectivity index (χ2n) is 5.29. The standard InChI is InChI=1S/C14H19N5O5/c1-8(2)3-10(21)23-5-9(4-20)24-7-19-6-16-11-12(19)17-14(15)18-13(11)22/h3,6,9,20H,4-5,7H2,1-2H3,(H3,15,17,18,22). The average Bonchev–Trinajstić information content (AvgIpc) is 2.90. The number of anilines is 1. The van der Waals surface area contributed by atoms with Crippen molar-refractivity contribution in [2.75, 3.05) is 18.9 Å². The number of imidazole rings is 1. The summed E-state index contributed by atoms with van der Waals surface area (Å²) in [6.45, 7) is 3.04. The first-order valence-electron chi connectivity index (χ1n) is 7.15. The largest absolute Gasteiger partial charge is 0.460 e. The number of nitrogens with zero attached hydrogens (tertiary/aromatic N) is 3. The average molecular weight is 337 g/mol. The van der Waals surface area contributed by atoms with Crippen molar-refractivity contribution >= 4 is 23.1 Å². The van der Waals surface area contributed by atoms with E-state index in [0.29, 0.717) is 0 Å². The Morgan fingerprint density at radius 2 is 2.29 bits per heavy atom. The molecule has 0 aliphatic carbocycles. The maximum atomic E-state index is 11.7. The summed E-state index contributed by atoms with van der Waals surface area (Å²) in [7, 11) is 0. The summed E-state index contributed by atoms with van der Waals surface area (Å²) >= 11 is 0. The third kappa shape index (κ3) is 4.40. The molecule has 0 aromatic carbocycles. The molecule has 10 nitrogen and oxygen atoms in total. The highest BCUT2D eigenvalue weighted by atomic mass is 16.6. The van der Waals surface area contributed by atoms with Gasteiger partial charge in [-0.15, -0.1) is 0 Å². The van der Waals surface area contributed by atoms with Crippen LogP contribution in [0.15, 0.2) is 22.8 Å². The molecule has 0 saturated heterocycles. The van der Waals surface area contributed by atoms with Crippen molar-refractivity contribution in [1.29, 1.82) is 0 Å². The predicted octanol–water partition coefficient (Wildman–Crippen LogP) is -0.454. The fourth-order valence-corrected chi connectivity index (χ4v) is 1.86. The number of carbonyl (C=O) groups is 1. The molecule has 0 fully saturated rings. The van der Waals surface area contributed by atoms with Crippen LogP contribution in [-0.4, -0.2) is 49.9 Å². The highest BCUT2D eigenvalue weighted by Gasteiger charge is 2.14. The van der Waals surface area contributed by atoms with E-state index in [9.17, 15) is 14.7 Å². The predicted molar refractivity (Wildman–Crippen MR) is 84.9 cm³/mol. The van der Waals surface area contributed by atoms with E-state index < -0.39 is 17.6 Å². The third-order valence-corrected chi connectivity index (χ3v) is 2.96. The number of hydrogen-bond donors (Lipinski definition) is 3. The lowest BCUT2D eigenvalue weighted by molar-refractivity contribution is -0.144. The Hall–Kier alpha value is -2.72. The van der Waals surface area contributed by atoms with Crippen LogP contribution < -0.4 is 11.3 Å². The van der Waals surface area contributed by atoms with Crippen LogP contribution in [0.4, 0.5) is 5.95 Å². The first-order valence-corrected chi connectivity index (χ1v) is 7.15. The number of aromatic amines is 1. The number of aromatic nitrogens is 4. The Kier molecular flexibility index (Phi) is 5.66. The molecule has 2 aromatic heterocycles. The summed E-state index contributed by atoms with van der Waals surface area (Å²) in [6, 6.07) is 0. The molecule has 0 aliphatic heterocycles. The number of ether oxygens (including phenoxy) is 2. The second-order valence-corrected chi connectivity index (χ2v) is 5.29. The number of nitrogen functional groups attached to an aromatic ring is 1. The van der Waals surface area contributed by atoms with E-state index in [1.54, 1.807) is 13.8 Å². The minimum atomic E-state index is -0.726. The Balaban J connectivity index is 2.00. The minimum absolute atomic E-state index is 0.0383. The molecule has 130 valence electrons. The number of hydrogen-bond acceptors (Lipinski definition) is 8. The summed E-state index contributed by atoms with van der Waals surface area (Å²) in [4.78, 5) is 33.4. The molecule has 0 spiro atoms. The third-order valence-electron chi connectivity index (χ3n) is 2.96. The van der Waals surface area contributed by atoms with Crippen molar-refractivity contribution < 1.29 is 19.4 Å². The van der Waals surface area contributed by atoms with E-state index in [2.05, 4.69) is 15.0 Å². The van der Waals surface area contributed by atoms with Crippen molar-refractivity contribution in [1.82, 2.24) is 19.5 Å². The van der Waals surface area contributed by atoms with Crippen molar-refractivity contribution in [3.8, 4) is 0 Å². The molecular weight excluding hydrogens is 318 g/mol. The topological polar surface area (TPSA) is 145 Å². The second kappa shape index (κ2) is 7.70. The number of carbonyl (C=O) groups excluding carboxylic acids is 1. The molecule has 1 unspecified atom stereocenters. The van der Waals surface area contributed by atoms with Crippen LogP contribution in [-0.2, 0) is 21.0 Å². The fraction of sp³-hybridized carbons (Fsp3) is 0.429. The molecule has 0 amide bonds. The zero-order valence-corrected chi connectivity index (χ0v) is 13.4. The van der Waals surface area contributed by atoms with Gasteiger partial charge in [0.05, 0.1) is 12.9 Å². The lowest BCUT2D eigenvalue weighted by Crippen LogP contribution is -2.26. The monoisotopic (exact) mass is 337 g/mol. The van der Waals surface area contributed by atoms with Crippen LogP contribution in [0.1, 0.15) is 13.8 Å². The molecule has 0 radical (unpaired) electrons. The van der Waals surface area contributed by atoms with Crippen LogP contribution in [0.3, 0.4) is 0 Å². The van der Waals surface area contributed by atoms with E-state index in [-0.39, 0.29) is 37.1 Å². The van der Waals surface area contributed by atoms with Gasteiger partial charge in [0.2, 0.25) is 5.95 Å². The fourth-order valence-electron chi connectivity index (χ4n) is 1.86. The van der Waals surface area contributed by atoms with Crippen molar-refractivity contribution in [3.05, 3.63) is 28.3 Å². The SMILES string of the molecule is CC(C)=CC(=O)OCC(CO)OCn1cnc2c(=O)[nH]c(N)nc21. The molecule has 0 bridgehead atoms. The number of aliphatic hydroxyl groups is 1. The number of fused-ring (bicyclic) bond motifs is 1. The van der Waals surface area contributed by atoms with Gasteiger partial charge in [0.1, 0.15) is 19.4 Å². The van der Waals surface area contributed by atoms with Crippen LogP contribution in [0.25, 0.3) is 11.2 Å². The molecule has 24 heavy (non-hydrogen) atoms. The summed E-state index contributed by atoms with van der Waals surface area (Å²) < 4.78 is 11.9. The van der Waals surface area contributed by atoms with Gasteiger partial charge in [0, 0.05) is 6.08 Å². The molecule has 2 aromatic rings. The van der Waals surface area contributed by atoms with E-state index in [1.165, 1.54) is 17.0 Å². The van der Waals surface area contributed by atoms with Crippen LogP contribution in [0.2, 0.25) is 0 Å². The van der Waals surface area contributed by atoms with Gasteiger partial charge < -0.3 is 20.3 Å². The molecule has 4 N–H and O–H groups in total. The number of nitrogens with one attached hydrogen (secondary N) is 1. The smallest absolute Gasteiger partial charge is 0.330 e. The number of H-pyrrole nitrogens is 1. The van der Waals surface area contributed by atoms with Gasteiger partial charge in [0.25, 0.3) is 5.56 Å². The summed E-state index contributed by atoms with van der Waals surface area (Å²) in [5, 5.41) is 9.30. The van der Waals surface area contributed by atoms with Crippen molar-refractivity contribution in [3.63, 3.8) is 0 Å². The first-order chi connectivity index (χ1) is 11.4. The van der Waals surface area contributed by atoms with Crippen molar-refractivity contribution in [2.45, 2.75) is 26.7 Å². The molecule has 2 rings (SSSR count). The summed E-state index contributed by atoms with van der Waals surface area (Å²) in [5.41, 5.74) is 6.24. The van der Waals surface area contributed by atoms with E-state index in [0.717, 1.165) is 5.57 Å². The number of allylic oxidation sites excluding steroid dienone is 1. The zero-order valence-electron chi connectivity index (χ0n) is 13.4. The first kappa shape index (κ1) is 17.6. The Labute approximate surface area is 136 Å². The van der Waals surface area contributed by atoms with Gasteiger partial charge in [-0.2, -0.15) is 4.98 Å². The van der Waals surface area contributed by atoms with Crippen molar-refractivity contribution in [2.24, 2.45) is 0 Å². The highest BCUT2D eigenvalue weighted by Crippen LogP contribution is 2.07. The molecular formula is C14H19N5O5. The van der Waals surface area contributed by atoms with Gasteiger partial charge in [-0.3, -0.25) is 14.3 Å². The van der Waals surface area contributed by atoms with Gasteiger partial charge in [-0.1, -0.05) is 5.57 Å². The van der Waals surface area contributed by atoms with Crippen LogP contribution in [0, 0.1) is 0 Å². The lowest BCUT2D eigenvalue weighted by Gasteiger charge is -2.15. The van der Waals surface area contributed by atoms with E-state index >= 15 is 0 Å².